The maximum absolute atomic E-state index is 11.0. The molecule has 12 heavy (non-hydrogen) atoms. The molecule has 3 heteroatoms. The molecule has 0 atom stereocenters. The van der Waals surface area contributed by atoms with Crippen molar-refractivity contribution in [1.29, 1.82) is 0 Å². The van der Waals surface area contributed by atoms with Crippen molar-refractivity contribution in [2.75, 3.05) is 0 Å². The van der Waals surface area contributed by atoms with Crippen LogP contribution in [0.25, 0.3) is 0 Å². The van der Waals surface area contributed by atoms with Gasteiger partial charge in [-0.05, 0) is 6.08 Å². The highest BCUT2D eigenvalue weighted by Gasteiger charge is 2.22. The molecule has 0 saturated carbocycles. The van der Waals surface area contributed by atoms with Crippen molar-refractivity contribution in [3.05, 3.63) is 11.6 Å². The molecule has 0 amide bonds. The summed E-state index contributed by atoms with van der Waals surface area (Å²) in [7, 11) is 0. The zero-order valence-corrected chi connectivity index (χ0v) is 6.92. The largest absolute Gasteiger partial charge is 0.299 e. The Labute approximate surface area is 70.4 Å². The van der Waals surface area contributed by atoms with Gasteiger partial charge in [0.1, 0.15) is 5.78 Å². The van der Waals surface area contributed by atoms with Gasteiger partial charge in [0.2, 0.25) is 0 Å². The van der Waals surface area contributed by atoms with Gasteiger partial charge in [0.05, 0.1) is 6.42 Å². The van der Waals surface area contributed by atoms with Gasteiger partial charge in [0.25, 0.3) is 0 Å². The number of carbonyl (C=O) groups is 3. The lowest BCUT2D eigenvalue weighted by Crippen LogP contribution is -2.03. The monoisotopic (exact) mass is 166 g/mol. The molecule has 0 radical (unpaired) electrons. The van der Waals surface area contributed by atoms with Gasteiger partial charge in [-0.1, -0.05) is 6.92 Å². The standard InChI is InChI=1S/C9H10O3/c1-2-7(10)3-6-4-8(11)5-9(6)12/h4H,2-3,5H2,1H3. The van der Waals surface area contributed by atoms with Gasteiger partial charge >= 0.3 is 0 Å². The van der Waals surface area contributed by atoms with Crippen LogP contribution in [0.2, 0.25) is 0 Å². The zero-order valence-electron chi connectivity index (χ0n) is 6.92. The van der Waals surface area contributed by atoms with Crippen LogP contribution in [-0.4, -0.2) is 17.3 Å². The van der Waals surface area contributed by atoms with E-state index in [2.05, 4.69) is 0 Å². The number of ketones is 3. The first-order chi connectivity index (χ1) is 5.63. The highest BCUT2D eigenvalue weighted by atomic mass is 16.2. The van der Waals surface area contributed by atoms with E-state index in [1.165, 1.54) is 6.08 Å². The van der Waals surface area contributed by atoms with Crippen molar-refractivity contribution in [2.45, 2.75) is 26.2 Å². The third kappa shape index (κ3) is 1.87. The van der Waals surface area contributed by atoms with Crippen LogP contribution in [0.3, 0.4) is 0 Å². The molecule has 0 unspecified atom stereocenters. The SMILES string of the molecule is CCC(=O)CC1=CC(=O)CC1=O. The second-order valence-electron chi connectivity index (χ2n) is 2.80. The fourth-order valence-corrected chi connectivity index (χ4v) is 1.08. The average molecular weight is 166 g/mol. The predicted octanol–water partition coefficient (Wildman–Crippen LogP) is 0.824. The van der Waals surface area contributed by atoms with E-state index in [4.69, 9.17) is 0 Å². The molecule has 0 aromatic rings. The summed E-state index contributed by atoms with van der Waals surface area (Å²) in [5, 5.41) is 0. The molecule has 1 rings (SSSR count). The van der Waals surface area contributed by atoms with Crippen LogP contribution in [0.5, 0.6) is 0 Å². The number of carbonyl (C=O) groups excluding carboxylic acids is 3. The summed E-state index contributed by atoms with van der Waals surface area (Å²) in [5.41, 5.74) is 0.381. The molecule has 0 bridgehead atoms. The van der Waals surface area contributed by atoms with E-state index in [0.717, 1.165) is 0 Å². The van der Waals surface area contributed by atoms with Crippen LogP contribution in [-0.2, 0) is 14.4 Å². The number of Topliss-reactive ketones (excluding diaryl/α,β-unsaturated/α-hetero) is 2. The summed E-state index contributed by atoms with van der Waals surface area (Å²) < 4.78 is 0. The second kappa shape index (κ2) is 3.43. The minimum Gasteiger partial charge on any atom is -0.299 e. The van der Waals surface area contributed by atoms with Gasteiger partial charge < -0.3 is 0 Å². The fraction of sp³-hybridized carbons (Fsp3) is 0.444. The normalized spacial score (nSPS) is 16.6. The Morgan fingerprint density at radius 2 is 2.17 bits per heavy atom. The maximum Gasteiger partial charge on any atom is 0.167 e. The van der Waals surface area contributed by atoms with Crippen LogP contribution >= 0.6 is 0 Å². The molecule has 64 valence electrons. The first kappa shape index (κ1) is 8.84. The van der Waals surface area contributed by atoms with E-state index < -0.39 is 0 Å². The highest BCUT2D eigenvalue weighted by Crippen LogP contribution is 2.15. The van der Waals surface area contributed by atoms with Gasteiger partial charge in [0.15, 0.2) is 11.6 Å². The molecular formula is C9H10O3. The van der Waals surface area contributed by atoms with Crippen LogP contribution in [0, 0.1) is 0 Å². The molecule has 0 saturated heterocycles. The molecule has 0 fully saturated rings. The summed E-state index contributed by atoms with van der Waals surface area (Å²) in [4.78, 5) is 32.6. The Kier molecular flexibility index (Phi) is 2.53. The zero-order chi connectivity index (χ0) is 9.14. The smallest absolute Gasteiger partial charge is 0.167 e. The minimum absolute atomic E-state index is 0.00398. The predicted molar refractivity (Wildman–Crippen MR) is 42.6 cm³/mol. The molecular weight excluding hydrogens is 156 g/mol. The molecule has 0 heterocycles. The molecule has 1 aliphatic rings. The molecule has 0 aromatic heterocycles. The number of rotatable bonds is 3. The summed E-state index contributed by atoms with van der Waals surface area (Å²) in [6, 6.07) is 0. The van der Waals surface area contributed by atoms with Gasteiger partial charge in [0, 0.05) is 18.4 Å². The van der Waals surface area contributed by atoms with Gasteiger partial charge in [-0.15, -0.1) is 0 Å². The van der Waals surface area contributed by atoms with E-state index in [1.54, 1.807) is 6.92 Å². The summed E-state index contributed by atoms with van der Waals surface area (Å²) in [6.45, 7) is 1.74. The minimum atomic E-state index is -0.193. The van der Waals surface area contributed by atoms with Crippen molar-refractivity contribution in [3.63, 3.8) is 0 Å². The Bertz CT molecular complexity index is 273. The van der Waals surface area contributed by atoms with Gasteiger partial charge in [-0.25, -0.2) is 0 Å². The highest BCUT2D eigenvalue weighted by molar-refractivity contribution is 6.20. The number of hydrogen-bond acceptors (Lipinski definition) is 3. The van der Waals surface area contributed by atoms with E-state index >= 15 is 0 Å². The Hall–Kier alpha value is -1.25. The lowest BCUT2D eigenvalue weighted by atomic mass is 10.1. The van der Waals surface area contributed by atoms with Crippen LogP contribution in [0.4, 0.5) is 0 Å². The second-order valence-corrected chi connectivity index (χ2v) is 2.80. The van der Waals surface area contributed by atoms with Crippen LogP contribution in [0.1, 0.15) is 26.2 Å². The van der Waals surface area contributed by atoms with Crippen molar-refractivity contribution >= 4 is 17.3 Å². The summed E-state index contributed by atoms with van der Waals surface area (Å²) in [5.74, 6) is -0.370. The quantitative estimate of drug-likeness (QED) is 0.583. The molecule has 0 spiro atoms. The van der Waals surface area contributed by atoms with E-state index in [-0.39, 0.29) is 30.2 Å². The third-order valence-electron chi connectivity index (χ3n) is 1.81. The topological polar surface area (TPSA) is 51.2 Å². The maximum atomic E-state index is 11.0. The van der Waals surface area contributed by atoms with E-state index in [0.29, 0.717) is 12.0 Å². The van der Waals surface area contributed by atoms with Crippen LogP contribution in [0.15, 0.2) is 11.6 Å². The summed E-state index contributed by atoms with van der Waals surface area (Å²) in [6.07, 6.45) is 1.78. The van der Waals surface area contributed by atoms with E-state index in [9.17, 15) is 14.4 Å². The van der Waals surface area contributed by atoms with Crippen molar-refractivity contribution in [2.24, 2.45) is 0 Å². The van der Waals surface area contributed by atoms with Crippen molar-refractivity contribution in [1.82, 2.24) is 0 Å². The Balaban J connectivity index is 2.64. The van der Waals surface area contributed by atoms with E-state index in [1.807, 2.05) is 0 Å². The van der Waals surface area contributed by atoms with Gasteiger partial charge in [-0.3, -0.25) is 14.4 Å². The molecule has 0 N–H and O–H groups in total. The Morgan fingerprint density at radius 3 is 2.58 bits per heavy atom. The average Bonchev–Trinajstić information content (AvgIpc) is 2.30. The van der Waals surface area contributed by atoms with Crippen molar-refractivity contribution < 1.29 is 14.4 Å². The lowest BCUT2D eigenvalue weighted by Gasteiger charge is -1.95. The van der Waals surface area contributed by atoms with Crippen LogP contribution < -0.4 is 0 Å². The number of allylic oxidation sites excluding steroid dienone is 2. The molecule has 0 aromatic carbocycles. The third-order valence-corrected chi connectivity index (χ3v) is 1.81. The first-order valence-electron chi connectivity index (χ1n) is 3.91. The Morgan fingerprint density at radius 1 is 1.50 bits per heavy atom. The molecule has 0 aliphatic heterocycles. The fourth-order valence-electron chi connectivity index (χ4n) is 1.08. The summed E-state index contributed by atoms with van der Waals surface area (Å²) >= 11 is 0. The van der Waals surface area contributed by atoms with Gasteiger partial charge in [-0.2, -0.15) is 0 Å². The molecule has 3 nitrogen and oxygen atoms in total. The van der Waals surface area contributed by atoms with Crippen molar-refractivity contribution in [3.8, 4) is 0 Å². The number of hydrogen-bond donors (Lipinski definition) is 0. The lowest BCUT2D eigenvalue weighted by molar-refractivity contribution is -0.122. The molecule has 1 aliphatic carbocycles. The first-order valence-corrected chi connectivity index (χ1v) is 3.91.